The molecule has 1 saturated heterocycles. The zero-order valence-electron chi connectivity index (χ0n) is 13.4. The van der Waals surface area contributed by atoms with E-state index in [1.54, 1.807) is 11.3 Å². The molecule has 23 heavy (non-hydrogen) atoms. The Labute approximate surface area is 141 Å². The first kappa shape index (κ1) is 14.9. The fourth-order valence-electron chi connectivity index (χ4n) is 4.01. The molecule has 2 aromatic rings. The van der Waals surface area contributed by atoms with Crippen LogP contribution >= 0.6 is 11.3 Å². The second-order valence-corrected chi connectivity index (χ2v) is 7.28. The molecule has 2 atom stereocenters. The minimum absolute atomic E-state index is 0.0615. The summed E-state index contributed by atoms with van der Waals surface area (Å²) in [5.74, 6) is 0.247. The molecular weight excluding hydrogens is 304 g/mol. The van der Waals surface area contributed by atoms with Gasteiger partial charge in [0.1, 0.15) is 0 Å². The lowest BCUT2D eigenvalue weighted by atomic mass is 10.1. The fourth-order valence-corrected chi connectivity index (χ4v) is 4.72. The molecule has 1 fully saturated rings. The number of para-hydroxylation sites is 1. The van der Waals surface area contributed by atoms with Crippen LogP contribution in [0.5, 0.6) is 0 Å². The molecule has 1 aromatic heterocycles. The summed E-state index contributed by atoms with van der Waals surface area (Å²) in [6.07, 6.45) is 3.31. The van der Waals surface area contributed by atoms with Crippen LogP contribution in [0.15, 0.2) is 41.1 Å². The van der Waals surface area contributed by atoms with E-state index in [1.807, 2.05) is 11.0 Å². The molecule has 2 aliphatic rings. The van der Waals surface area contributed by atoms with Gasteiger partial charge in [-0.1, -0.05) is 18.2 Å². The van der Waals surface area contributed by atoms with Crippen molar-refractivity contribution in [2.75, 3.05) is 18.0 Å². The van der Waals surface area contributed by atoms with E-state index >= 15 is 0 Å². The van der Waals surface area contributed by atoms with Crippen LogP contribution < -0.4 is 4.90 Å². The lowest BCUT2D eigenvalue weighted by Gasteiger charge is -2.32. The molecule has 2 aliphatic heterocycles. The van der Waals surface area contributed by atoms with Gasteiger partial charge >= 0.3 is 0 Å². The van der Waals surface area contributed by atoms with Crippen molar-refractivity contribution in [3.8, 4) is 0 Å². The van der Waals surface area contributed by atoms with Gasteiger partial charge < -0.3 is 4.90 Å². The number of fused-ring (bicyclic) bond motifs is 1. The molecule has 1 amide bonds. The van der Waals surface area contributed by atoms with Gasteiger partial charge in [-0.05, 0) is 66.8 Å². The van der Waals surface area contributed by atoms with Gasteiger partial charge in [0, 0.05) is 18.3 Å². The Morgan fingerprint density at radius 2 is 2.13 bits per heavy atom. The van der Waals surface area contributed by atoms with Crippen LogP contribution in [0.2, 0.25) is 0 Å². The smallest absolute Gasteiger partial charge is 0.244 e. The number of anilines is 1. The van der Waals surface area contributed by atoms with E-state index in [1.165, 1.54) is 17.5 Å². The van der Waals surface area contributed by atoms with E-state index in [0.717, 1.165) is 31.6 Å². The third-order valence-corrected chi connectivity index (χ3v) is 5.93. The van der Waals surface area contributed by atoms with Gasteiger partial charge in [0.05, 0.1) is 6.04 Å². The number of rotatable bonds is 3. The normalized spacial score (nSPS) is 22.3. The van der Waals surface area contributed by atoms with Gasteiger partial charge in [-0.3, -0.25) is 9.69 Å². The van der Waals surface area contributed by atoms with Gasteiger partial charge in [-0.2, -0.15) is 11.3 Å². The number of nitrogens with zero attached hydrogens (tertiary/aromatic N) is 2. The van der Waals surface area contributed by atoms with E-state index in [4.69, 9.17) is 0 Å². The average Bonchev–Trinajstić information content (AvgIpc) is 3.31. The number of likely N-dealkylation sites (tertiary alicyclic amines) is 1. The van der Waals surface area contributed by atoms with Crippen molar-refractivity contribution in [3.05, 3.63) is 52.2 Å². The van der Waals surface area contributed by atoms with Crippen molar-refractivity contribution in [2.45, 2.75) is 38.3 Å². The number of carbonyl (C=O) groups excluding carboxylic acids is 1. The Bertz CT molecular complexity index is 697. The second-order valence-electron chi connectivity index (χ2n) is 6.50. The molecule has 0 unspecified atom stereocenters. The van der Waals surface area contributed by atoms with Crippen molar-refractivity contribution in [1.29, 1.82) is 0 Å². The monoisotopic (exact) mass is 326 g/mol. The Hall–Kier alpha value is -1.65. The quantitative estimate of drug-likeness (QED) is 0.855. The third kappa shape index (κ3) is 2.60. The summed E-state index contributed by atoms with van der Waals surface area (Å²) in [5, 5.41) is 4.36. The van der Waals surface area contributed by atoms with E-state index in [-0.39, 0.29) is 11.9 Å². The van der Waals surface area contributed by atoms with Crippen molar-refractivity contribution in [3.63, 3.8) is 0 Å². The molecule has 0 radical (unpaired) electrons. The zero-order valence-corrected chi connectivity index (χ0v) is 14.3. The van der Waals surface area contributed by atoms with E-state index in [2.05, 4.69) is 46.8 Å². The van der Waals surface area contributed by atoms with Crippen LogP contribution in [0.25, 0.3) is 0 Å². The first-order valence-corrected chi connectivity index (χ1v) is 9.37. The van der Waals surface area contributed by atoms with Crippen LogP contribution in [0.1, 0.15) is 36.9 Å². The third-order valence-electron chi connectivity index (χ3n) is 5.23. The predicted molar refractivity (Wildman–Crippen MR) is 95.0 cm³/mol. The molecule has 3 nitrogen and oxygen atoms in total. The highest BCUT2D eigenvalue weighted by molar-refractivity contribution is 7.07. The first-order chi connectivity index (χ1) is 11.3. The van der Waals surface area contributed by atoms with Crippen molar-refractivity contribution in [1.82, 2.24) is 4.90 Å². The predicted octanol–water partition coefficient (Wildman–Crippen LogP) is 3.86. The molecule has 0 N–H and O–H groups in total. The lowest BCUT2D eigenvalue weighted by Crippen LogP contribution is -2.46. The molecule has 0 aliphatic carbocycles. The standard InChI is InChI=1S/C19H22N2OS/c1-14(20-10-4-7-18(20)16-9-12-23-13-16)19(22)21-11-8-15-5-2-3-6-17(15)21/h2-3,5-6,9,12-14,18H,4,7-8,10-11H2,1H3/t14-,18-/m0/s1. The summed E-state index contributed by atoms with van der Waals surface area (Å²) in [7, 11) is 0. The minimum atomic E-state index is -0.0615. The van der Waals surface area contributed by atoms with Crippen LogP contribution in [-0.4, -0.2) is 29.9 Å². The maximum atomic E-state index is 13.1. The van der Waals surface area contributed by atoms with Gasteiger partial charge in [0.15, 0.2) is 0 Å². The zero-order chi connectivity index (χ0) is 15.8. The van der Waals surface area contributed by atoms with Gasteiger partial charge in [-0.25, -0.2) is 0 Å². The largest absolute Gasteiger partial charge is 0.310 e. The Morgan fingerprint density at radius 1 is 1.26 bits per heavy atom. The van der Waals surface area contributed by atoms with Crippen LogP contribution in [-0.2, 0) is 11.2 Å². The molecule has 4 rings (SSSR count). The summed E-state index contributed by atoms with van der Waals surface area (Å²) in [4.78, 5) is 17.5. The van der Waals surface area contributed by atoms with Gasteiger partial charge in [0.2, 0.25) is 5.91 Å². The van der Waals surface area contributed by atoms with Crippen LogP contribution in [0.4, 0.5) is 5.69 Å². The molecule has 0 saturated carbocycles. The summed E-state index contributed by atoms with van der Waals surface area (Å²) in [5.41, 5.74) is 3.77. The highest BCUT2D eigenvalue weighted by Crippen LogP contribution is 2.36. The van der Waals surface area contributed by atoms with Gasteiger partial charge in [0.25, 0.3) is 0 Å². The second kappa shape index (κ2) is 6.10. The van der Waals surface area contributed by atoms with Crippen molar-refractivity contribution in [2.24, 2.45) is 0 Å². The number of carbonyl (C=O) groups is 1. The molecule has 0 spiro atoms. The summed E-state index contributed by atoms with van der Waals surface area (Å²) >= 11 is 1.74. The number of benzene rings is 1. The topological polar surface area (TPSA) is 23.6 Å². The summed E-state index contributed by atoms with van der Waals surface area (Å²) in [6, 6.07) is 10.8. The molecule has 1 aromatic carbocycles. The Kier molecular flexibility index (Phi) is 3.95. The number of hydrogen-bond donors (Lipinski definition) is 0. The highest BCUT2D eigenvalue weighted by Gasteiger charge is 2.36. The van der Waals surface area contributed by atoms with Gasteiger partial charge in [-0.15, -0.1) is 0 Å². The number of thiophene rings is 1. The molecular formula is C19H22N2OS. The molecule has 120 valence electrons. The highest BCUT2D eigenvalue weighted by atomic mass is 32.1. The molecule has 0 bridgehead atoms. The van der Waals surface area contributed by atoms with E-state index in [9.17, 15) is 4.79 Å². The minimum Gasteiger partial charge on any atom is -0.310 e. The Morgan fingerprint density at radius 3 is 2.96 bits per heavy atom. The SMILES string of the molecule is C[C@@H](C(=O)N1CCc2ccccc21)N1CCC[C@H]1c1ccsc1. The maximum absolute atomic E-state index is 13.1. The summed E-state index contributed by atoms with van der Waals surface area (Å²) in [6.45, 7) is 3.91. The Balaban J connectivity index is 1.55. The van der Waals surface area contributed by atoms with Crippen molar-refractivity contribution >= 4 is 22.9 Å². The first-order valence-electron chi connectivity index (χ1n) is 8.43. The maximum Gasteiger partial charge on any atom is 0.244 e. The van der Waals surface area contributed by atoms with Crippen molar-refractivity contribution < 1.29 is 4.79 Å². The van der Waals surface area contributed by atoms with Crippen LogP contribution in [0, 0.1) is 0 Å². The lowest BCUT2D eigenvalue weighted by molar-refractivity contribution is -0.123. The average molecular weight is 326 g/mol. The van der Waals surface area contributed by atoms with Crippen LogP contribution in [0.3, 0.4) is 0 Å². The van der Waals surface area contributed by atoms with E-state index < -0.39 is 0 Å². The number of amides is 1. The fraction of sp³-hybridized carbons (Fsp3) is 0.421. The number of hydrogen-bond acceptors (Lipinski definition) is 3. The summed E-state index contributed by atoms with van der Waals surface area (Å²) < 4.78 is 0. The molecule has 3 heterocycles. The molecule has 4 heteroatoms. The van der Waals surface area contributed by atoms with E-state index in [0.29, 0.717) is 6.04 Å².